The Morgan fingerprint density at radius 3 is 0.700 bits per heavy atom. The topological polar surface area (TPSA) is 48.8 Å². The zero-order valence-electron chi connectivity index (χ0n) is 39.8. The maximum atomic E-state index is 5.66. The molecule has 0 fully saturated rings. The van der Waals surface area contributed by atoms with Crippen LogP contribution in [0.25, 0.3) is 0 Å². The van der Waals surface area contributed by atoms with Gasteiger partial charge in [-0.2, -0.15) is 0 Å². The van der Waals surface area contributed by atoms with Crippen molar-refractivity contribution >= 4 is 34.4 Å². The summed E-state index contributed by atoms with van der Waals surface area (Å²) in [4.78, 5) is 11.3. The molecule has 0 spiro atoms. The summed E-state index contributed by atoms with van der Waals surface area (Å²) in [5, 5.41) is 7.98. The summed E-state index contributed by atoms with van der Waals surface area (Å²) in [6, 6.07) is 35.7. The number of para-hydroxylation sites is 4. The van der Waals surface area contributed by atoms with Gasteiger partial charge in [-0.1, -0.05) is 208 Å². The molecule has 0 saturated carbocycles. The molecule has 4 nitrogen and oxygen atoms in total. The number of benzene rings is 5. The van der Waals surface area contributed by atoms with E-state index in [2.05, 4.69) is 218 Å². The van der Waals surface area contributed by atoms with Crippen molar-refractivity contribution in [3.8, 4) is 0 Å². The lowest BCUT2D eigenvalue weighted by Gasteiger charge is -2.24. The largest absolute Gasteiger partial charge is 0.339 e. The Kier molecular flexibility index (Phi) is 15.4. The molecule has 5 aromatic rings. The molecule has 0 radical (unpaired) electrons. The first-order valence-electron chi connectivity index (χ1n) is 22.7. The Hall–Kier alpha value is -4.96. The van der Waals surface area contributed by atoms with Crippen molar-refractivity contribution in [3.05, 3.63) is 153 Å². The van der Waals surface area contributed by atoms with Crippen LogP contribution in [0.5, 0.6) is 0 Å². The third-order valence-corrected chi connectivity index (χ3v) is 11.8. The predicted octanol–water partition coefficient (Wildman–Crippen LogP) is 17.1. The van der Waals surface area contributed by atoms with Crippen LogP contribution in [0.4, 0.5) is 22.7 Å². The van der Waals surface area contributed by atoms with Gasteiger partial charge in [-0.05, 0) is 91.9 Å². The Morgan fingerprint density at radius 1 is 0.300 bits per heavy atom. The van der Waals surface area contributed by atoms with E-state index < -0.39 is 0 Å². The molecule has 0 aliphatic rings. The highest BCUT2D eigenvalue weighted by Gasteiger charge is 2.22. The number of hydrogen-bond acceptors (Lipinski definition) is 2. The van der Waals surface area contributed by atoms with E-state index in [-0.39, 0.29) is 0 Å². The van der Waals surface area contributed by atoms with Crippen LogP contribution < -0.4 is 10.6 Å². The highest BCUT2D eigenvalue weighted by atomic mass is 15.0. The minimum absolute atomic E-state index is 0.319. The summed E-state index contributed by atoms with van der Waals surface area (Å²) in [7, 11) is 0. The molecule has 0 saturated heterocycles. The minimum atomic E-state index is 0.319. The van der Waals surface area contributed by atoms with Crippen LogP contribution >= 0.6 is 0 Å². The molecular weight excluding hydrogens is 729 g/mol. The first-order chi connectivity index (χ1) is 28.4. The molecule has 2 N–H and O–H groups in total. The molecule has 4 heteroatoms. The minimum Gasteiger partial charge on any atom is -0.339 e. The van der Waals surface area contributed by atoms with E-state index in [0.29, 0.717) is 47.3 Å². The lowest BCUT2D eigenvalue weighted by molar-refractivity contribution is 0.833. The van der Waals surface area contributed by atoms with Crippen molar-refractivity contribution in [1.82, 2.24) is 0 Å². The van der Waals surface area contributed by atoms with Crippen molar-refractivity contribution in [3.63, 3.8) is 0 Å². The van der Waals surface area contributed by atoms with Crippen LogP contribution in [0.15, 0.2) is 107 Å². The SMILES string of the molecule is CC(C)c1cccc(C(C)C)c1N=C(Nc1c(C(C)C)cccc1C(C)C)c1ccc(C(=Nc2c(C(C)C)cccc2C(C)C)Nc2c(C(C)C)cccc2C(C)C)cc1. The van der Waals surface area contributed by atoms with Crippen LogP contribution in [0, 0.1) is 0 Å². The lowest BCUT2D eigenvalue weighted by atomic mass is 9.92. The molecule has 0 aliphatic carbocycles. The van der Waals surface area contributed by atoms with Gasteiger partial charge in [-0.25, -0.2) is 9.98 Å². The first-order valence-corrected chi connectivity index (χ1v) is 22.7. The van der Waals surface area contributed by atoms with E-state index in [1.807, 2.05) is 0 Å². The number of nitrogens with one attached hydrogen (secondary N) is 2. The Morgan fingerprint density at radius 2 is 0.500 bits per heavy atom. The molecule has 0 aliphatic heterocycles. The molecule has 5 rings (SSSR count). The van der Waals surface area contributed by atoms with Crippen LogP contribution in [0.2, 0.25) is 0 Å². The molecule has 0 heterocycles. The van der Waals surface area contributed by atoms with Crippen molar-refractivity contribution < 1.29 is 0 Å². The summed E-state index contributed by atoms with van der Waals surface area (Å²) < 4.78 is 0. The van der Waals surface area contributed by atoms with E-state index in [4.69, 9.17) is 9.98 Å². The zero-order valence-corrected chi connectivity index (χ0v) is 39.8. The second kappa shape index (κ2) is 20.1. The fraction of sp³-hybridized carbons (Fsp3) is 0.429. The molecule has 0 aromatic heterocycles. The molecule has 0 amide bonds. The highest BCUT2D eigenvalue weighted by Crippen LogP contribution is 2.39. The van der Waals surface area contributed by atoms with Crippen molar-refractivity contribution in [2.45, 2.75) is 158 Å². The van der Waals surface area contributed by atoms with E-state index in [9.17, 15) is 0 Å². The summed E-state index contributed by atoms with van der Waals surface area (Å²) in [5.74, 6) is 4.31. The number of amidine groups is 2. The van der Waals surface area contributed by atoms with E-state index >= 15 is 0 Å². The van der Waals surface area contributed by atoms with E-state index in [1.165, 1.54) is 44.5 Å². The number of nitrogens with zero attached hydrogens (tertiary/aromatic N) is 2. The van der Waals surface area contributed by atoms with Gasteiger partial charge in [0.25, 0.3) is 0 Å². The third-order valence-electron chi connectivity index (χ3n) is 11.8. The van der Waals surface area contributed by atoms with Crippen LogP contribution in [0.1, 0.15) is 214 Å². The number of rotatable bonds is 14. The molecule has 0 atom stereocenters. The Balaban J connectivity index is 1.80. The van der Waals surface area contributed by atoms with Crippen LogP contribution in [-0.2, 0) is 0 Å². The van der Waals surface area contributed by atoms with Gasteiger partial charge in [0.15, 0.2) is 0 Å². The lowest BCUT2D eigenvalue weighted by Crippen LogP contribution is -2.19. The monoisotopic (exact) mass is 803 g/mol. The van der Waals surface area contributed by atoms with Gasteiger partial charge in [0.2, 0.25) is 0 Å². The predicted molar refractivity (Wildman–Crippen MR) is 265 cm³/mol. The van der Waals surface area contributed by atoms with E-state index in [1.54, 1.807) is 0 Å². The van der Waals surface area contributed by atoms with Gasteiger partial charge in [0.1, 0.15) is 11.7 Å². The second-order valence-electron chi connectivity index (χ2n) is 19.2. The molecule has 0 unspecified atom stereocenters. The average Bonchev–Trinajstić information content (AvgIpc) is 3.19. The zero-order chi connectivity index (χ0) is 44.0. The maximum Gasteiger partial charge on any atom is 0.138 e. The summed E-state index contributed by atoms with van der Waals surface area (Å²) in [6.45, 7) is 36.4. The highest BCUT2D eigenvalue weighted by molar-refractivity contribution is 6.13. The number of aliphatic imine (C=N–C) groups is 2. The first kappa shape index (κ1) is 46.1. The van der Waals surface area contributed by atoms with Crippen LogP contribution in [0.3, 0.4) is 0 Å². The Bertz CT molecular complexity index is 2010. The molecule has 0 bridgehead atoms. The molecular formula is C56H74N4. The average molecular weight is 803 g/mol. The summed E-state index contributed by atoms with van der Waals surface area (Å²) in [6.07, 6.45) is 0. The van der Waals surface area contributed by atoms with Gasteiger partial charge >= 0.3 is 0 Å². The fourth-order valence-electron chi connectivity index (χ4n) is 8.25. The standard InChI is InChI=1S/C56H74N4/c1-33(2)43-21-17-22-44(34(3)4)51(43)57-55(58-52-45(35(5)6)23-18-24-46(52)36(7)8)41-29-31-42(32-30-41)56(59-53-47(37(9)10)25-19-26-48(53)38(11)12)60-54-49(39(13)14)27-20-28-50(54)40(15)16/h17-40H,1-16H3,(H,57,58)(H,59,60). The molecule has 60 heavy (non-hydrogen) atoms. The van der Waals surface area contributed by atoms with Gasteiger partial charge in [-0.15, -0.1) is 0 Å². The summed E-state index contributed by atoms with van der Waals surface area (Å²) >= 11 is 0. The quantitative estimate of drug-likeness (QED) is 0.0868. The van der Waals surface area contributed by atoms with Gasteiger partial charge < -0.3 is 10.6 Å². The second-order valence-corrected chi connectivity index (χ2v) is 19.2. The smallest absolute Gasteiger partial charge is 0.138 e. The van der Waals surface area contributed by atoms with Gasteiger partial charge in [-0.3, -0.25) is 0 Å². The van der Waals surface area contributed by atoms with Gasteiger partial charge in [0, 0.05) is 22.5 Å². The normalized spacial score (nSPS) is 12.7. The van der Waals surface area contributed by atoms with Crippen molar-refractivity contribution in [2.24, 2.45) is 9.98 Å². The maximum absolute atomic E-state index is 5.66. The van der Waals surface area contributed by atoms with Crippen LogP contribution in [-0.4, -0.2) is 11.7 Å². The van der Waals surface area contributed by atoms with E-state index in [0.717, 1.165) is 45.5 Å². The number of anilines is 2. The van der Waals surface area contributed by atoms with Crippen molar-refractivity contribution in [1.29, 1.82) is 0 Å². The van der Waals surface area contributed by atoms with Crippen molar-refractivity contribution in [2.75, 3.05) is 10.6 Å². The third kappa shape index (κ3) is 10.5. The summed E-state index contributed by atoms with van der Waals surface area (Å²) in [5.41, 5.74) is 16.7. The number of hydrogen-bond donors (Lipinski definition) is 2. The molecule has 5 aromatic carbocycles. The fourth-order valence-corrected chi connectivity index (χ4v) is 8.25. The molecule has 318 valence electrons. The Labute approximate surface area is 364 Å². The van der Waals surface area contributed by atoms with Gasteiger partial charge in [0.05, 0.1) is 11.4 Å².